The number of amides is 1. The molecular formula is C16H13ClN6O. The highest BCUT2D eigenvalue weighted by Crippen LogP contribution is 2.25. The van der Waals surface area contributed by atoms with E-state index in [0.29, 0.717) is 16.5 Å². The van der Waals surface area contributed by atoms with Crippen molar-refractivity contribution in [2.24, 2.45) is 10.7 Å². The van der Waals surface area contributed by atoms with Gasteiger partial charge in [-0.1, -0.05) is 23.7 Å². The summed E-state index contributed by atoms with van der Waals surface area (Å²) >= 11 is 5.84. The number of hydrogen-bond donors (Lipinski definition) is 3. The Balaban J connectivity index is 1.88. The molecule has 24 heavy (non-hydrogen) atoms. The molecule has 1 amide bonds. The number of aromatic amines is 1. The van der Waals surface area contributed by atoms with Crippen molar-refractivity contribution in [3.05, 3.63) is 64.9 Å². The molecule has 0 saturated carbocycles. The lowest BCUT2D eigenvalue weighted by atomic mass is 10.2. The summed E-state index contributed by atoms with van der Waals surface area (Å²) in [6, 6.07) is 10.7. The third-order valence-electron chi connectivity index (χ3n) is 3.13. The normalized spacial score (nSPS) is 10.9. The third-order valence-corrected chi connectivity index (χ3v) is 3.38. The summed E-state index contributed by atoms with van der Waals surface area (Å²) in [6.45, 7) is 0. The number of anilines is 2. The van der Waals surface area contributed by atoms with E-state index in [9.17, 15) is 4.79 Å². The van der Waals surface area contributed by atoms with Crippen LogP contribution in [0.25, 0.3) is 0 Å². The number of primary amides is 1. The van der Waals surface area contributed by atoms with Crippen molar-refractivity contribution in [1.29, 1.82) is 0 Å². The monoisotopic (exact) mass is 340 g/mol. The number of pyridine rings is 1. The molecule has 0 spiro atoms. The number of H-pyrrole nitrogens is 1. The van der Waals surface area contributed by atoms with Gasteiger partial charge >= 0.3 is 0 Å². The first-order valence-electron chi connectivity index (χ1n) is 6.98. The van der Waals surface area contributed by atoms with Gasteiger partial charge in [-0.25, -0.2) is 4.99 Å². The maximum Gasteiger partial charge on any atom is 0.256 e. The van der Waals surface area contributed by atoms with Crippen LogP contribution in [0.5, 0.6) is 0 Å². The molecule has 4 N–H and O–H groups in total. The number of rotatable bonds is 5. The van der Waals surface area contributed by atoms with E-state index in [-0.39, 0.29) is 11.4 Å². The van der Waals surface area contributed by atoms with Crippen LogP contribution < -0.4 is 11.1 Å². The number of nitrogens with zero attached hydrogens (tertiary/aromatic N) is 3. The average Bonchev–Trinajstić information content (AvgIpc) is 2.98. The zero-order chi connectivity index (χ0) is 16.9. The van der Waals surface area contributed by atoms with Crippen LogP contribution in [0.3, 0.4) is 0 Å². The first kappa shape index (κ1) is 15.7. The van der Waals surface area contributed by atoms with Crippen LogP contribution in [0.1, 0.15) is 15.9 Å². The number of aliphatic imine (C=N–C) groups is 1. The SMILES string of the molecule is NC(=O)c1c(Nc2cccnc2)n[nH]c1/N=C/c1ccc(Cl)cc1. The molecular weight excluding hydrogens is 328 g/mol. The molecule has 1 aromatic carbocycles. The molecule has 2 heterocycles. The first-order chi connectivity index (χ1) is 11.6. The Morgan fingerprint density at radius 1 is 1.29 bits per heavy atom. The Hall–Kier alpha value is -3.19. The minimum Gasteiger partial charge on any atom is -0.365 e. The number of benzene rings is 1. The molecule has 3 rings (SSSR count). The molecule has 0 fully saturated rings. The fourth-order valence-corrected chi connectivity index (χ4v) is 2.14. The highest BCUT2D eigenvalue weighted by Gasteiger charge is 2.18. The Labute approximate surface area is 142 Å². The number of carbonyl (C=O) groups excluding carboxylic acids is 1. The molecule has 0 aliphatic heterocycles. The van der Waals surface area contributed by atoms with E-state index in [1.54, 1.807) is 55.0 Å². The largest absolute Gasteiger partial charge is 0.365 e. The van der Waals surface area contributed by atoms with Crippen LogP contribution in [-0.4, -0.2) is 27.3 Å². The standard InChI is InChI=1S/C16H13ClN6O/c17-11-5-3-10(4-6-11)8-20-15-13(14(18)24)16(23-22-15)21-12-2-1-7-19-9-12/h1-9H,(H2,18,24)(H2,21,22,23)/b20-8+. The second kappa shape index (κ2) is 6.93. The number of carbonyl (C=O) groups is 1. The van der Waals surface area contributed by atoms with Crippen molar-refractivity contribution in [1.82, 2.24) is 15.2 Å². The zero-order valence-corrected chi connectivity index (χ0v) is 13.2. The highest BCUT2D eigenvalue weighted by molar-refractivity contribution is 6.30. The summed E-state index contributed by atoms with van der Waals surface area (Å²) in [5, 5.41) is 10.4. The number of halogens is 1. The lowest BCUT2D eigenvalue weighted by molar-refractivity contribution is 0.100. The number of nitrogens with one attached hydrogen (secondary N) is 2. The van der Waals surface area contributed by atoms with E-state index in [1.807, 2.05) is 0 Å². The van der Waals surface area contributed by atoms with Gasteiger partial charge in [0, 0.05) is 17.4 Å². The van der Waals surface area contributed by atoms with Crippen LogP contribution in [0.4, 0.5) is 17.3 Å². The van der Waals surface area contributed by atoms with Crippen LogP contribution in [0, 0.1) is 0 Å². The van der Waals surface area contributed by atoms with E-state index in [1.165, 1.54) is 0 Å². The lowest BCUT2D eigenvalue weighted by Crippen LogP contribution is -2.12. The number of nitrogens with two attached hydrogens (primary N) is 1. The molecule has 0 aliphatic carbocycles. The summed E-state index contributed by atoms with van der Waals surface area (Å²) < 4.78 is 0. The van der Waals surface area contributed by atoms with Crippen molar-refractivity contribution >= 4 is 41.0 Å². The minimum atomic E-state index is -0.640. The van der Waals surface area contributed by atoms with Crippen LogP contribution in [0.15, 0.2) is 53.8 Å². The van der Waals surface area contributed by atoms with Gasteiger partial charge in [0.05, 0.1) is 11.9 Å². The van der Waals surface area contributed by atoms with E-state index in [2.05, 4.69) is 25.5 Å². The van der Waals surface area contributed by atoms with Crippen molar-refractivity contribution in [3.8, 4) is 0 Å². The fourth-order valence-electron chi connectivity index (χ4n) is 2.01. The topological polar surface area (TPSA) is 109 Å². The maximum atomic E-state index is 11.8. The summed E-state index contributed by atoms with van der Waals surface area (Å²) in [5.74, 6) is -0.0824. The Morgan fingerprint density at radius 3 is 2.75 bits per heavy atom. The predicted octanol–water partition coefficient (Wildman–Crippen LogP) is 3.05. The van der Waals surface area contributed by atoms with Gasteiger partial charge < -0.3 is 11.1 Å². The molecule has 7 nitrogen and oxygen atoms in total. The van der Waals surface area contributed by atoms with Crippen molar-refractivity contribution in [3.63, 3.8) is 0 Å². The molecule has 8 heteroatoms. The first-order valence-corrected chi connectivity index (χ1v) is 7.36. The molecule has 0 atom stereocenters. The van der Waals surface area contributed by atoms with Crippen LogP contribution in [-0.2, 0) is 0 Å². The summed E-state index contributed by atoms with van der Waals surface area (Å²) in [4.78, 5) is 20.0. The van der Waals surface area contributed by atoms with Crippen LogP contribution in [0.2, 0.25) is 5.02 Å². The third kappa shape index (κ3) is 3.58. The smallest absolute Gasteiger partial charge is 0.256 e. The average molecular weight is 341 g/mol. The van der Waals surface area contributed by atoms with Gasteiger partial charge in [0.2, 0.25) is 0 Å². The second-order valence-corrected chi connectivity index (χ2v) is 5.27. The molecule has 0 bridgehead atoms. The van der Waals surface area contributed by atoms with Crippen molar-refractivity contribution in [2.75, 3.05) is 5.32 Å². The van der Waals surface area contributed by atoms with Crippen LogP contribution >= 0.6 is 11.6 Å². The Kier molecular flexibility index (Phi) is 4.53. The van der Waals surface area contributed by atoms with E-state index < -0.39 is 5.91 Å². The van der Waals surface area contributed by atoms with E-state index in [0.717, 1.165) is 5.56 Å². The Bertz CT molecular complexity index is 873. The zero-order valence-electron chi connectivity index (χ0n) is 12.4. The molecule has 2 aromatic heterocycles. The van der Waals surface area contributed by atoms with Gasteiger partial charge in [0.1, 0.15) is 5.56 Å². The van der Waals surface area contributed by atoms with Gasteiger partial charge in [-0.15, -0.1) is 0 Å². The predicted molar refractivity (Wildman–Crippen MR) is 93.3 cm³/mol. The molecule has 0 unspecified atom stereocenters. The molecule has 0 aliphatic rings. The van der Waals surface area contributed by atoms with Gasteiger partial charge in [0.15, 0.2) is 11.6 Å². The Morgan fingerprint density at radius 2 is 2.08 bits per heavy atom. The van der Waals surface area contributed by atoms with Gasteiger partial charge in [-0.3, -0.25) is 14.9 Å². The molecule has 0 saturated heterocycles. The van der Waals surface area contributed by atoms with Gasteiger partial charge in [-0.05, 0) is 29.8 Å². The quantitative estimate of drug-likeness (QED) is 0.620. The highest BCUT2D eigenvalue weighted by atomic mass is 35.5. The molecule has 0 radical (unpaired) electrons. The minimum absolute atomic E-state index is 0.170. The van der Waals surface area contributed by atoms with Gasteiger partial charge in [-0.2, -0.15) is 5.10 Å². The summed E-state index contributed by atoms with van der Waals surface area (Å²) in [5.41, 5.74) is 7.13. The van der Waals surface area contributed by atoms with E-state index >= 15 is 0 Å². The molecule has 3 aromatic rings. The lowest BCUT2D eigenvalue weighted by Gasteiger charge is -2.03. The van der Waals surface area contributed by atoms with Crippen molar-refractivity contribution in [2.45, 2.75) is 0 Å². The number of hydrogen-bond acceptors (Lipinski definition) is 5. The van der Waals surface area contributed by atoms with Crippen molar-refractivity contribution < 1.29 is 4.79 Å². The summed E-state index contributed by atoms with van der Waals surface area (Å²) in [6.07, 6.45) is 4.84. The van der Waals surface area contributed by atoms with Gasteiger partial charge in [0.25, 0.3) is 5.91 Å². The second-order valence-electron chi connectivity index (χ2n) is 4.84. The number of aromatic nitrogens is 3. The fraction of sp³-hybridized carbons (Fsp3) is 0. The van der Waals surface area contributed by atoms with E-state index in [4.69, 9.17) is 17.3 Å². The molecule has 120 valence electrons. The summed E-state index contributed by atoms with van der Waals surface area (Å²) in [7, 11) is 0. The maximum absolute atomic E-state index is 11.8.